The molecule has 0 aliphatic carbocycles. The molecule has 3 aromatic rings. The van der Waals surface area contributed by atoms with Gasteiger partial charge in [-0.1, -0.05) is 23.4 Å². The molecule has 2 aliphatic heterocycles. The molecule has 11 heteroatoms. The number of carbonyl (C=O) groups is 3. The van der Waals surface area contributed by atoms with E-state index in [1.807, 2.05) is 31.7 Å². The standard InChI is InChI=1S/C26H27FN6O4/c1-26(2,3)37-25(36)31-12-10-30(11-13-31)22-9-8-18(14-20(22)27)33-16-21(28-29-33)24(35)32-15-17-6-4-5-7-19(17)23(32)34/h4-9,14,16H,10-13,15H2,1-3H3. The summed E-state index contributed by atoms with van der Waals surface area (Å²) in [6.07, 6.45) is 1.01. The van der Waals surface area contributed by atoms with Crippen LogP contribution in [0.5, 0.6) is 0 Å². The molecule has 0 spiro atoms. The molecule has 0 saturated carbocycles. The number of imide groups is 1. The number of aromatic nitrogens is 3. The summed E-state index contributed by atoms with van der Waals surface area (Å²) in [6, 6.07) is 11.7. The van der Waals surface area contributed by atoms with E-state index in [2.05, 4.69) is 10.3 Å². The summed E-state index contributed by atoms with van der Waals surface area (Å²) in [5, 5.41) is 7.88. The first-order valence-electron chi connectivity index (χ1n) is 12.0. The summed E-state index contributed by atoms with van der Waals surface area (Å²) in [7, 11) is 0. The first kappa shape index (κ1) is 24.4. The lowest BCUT2D eigenvalue weighted by Gasteiger charge is -2.36. The molecule has 3 heterocycles. The van der Waals surface area contributed by atoms with Crippen LogP contribution in [-0.2, 0) is 11.3 Å². The van der Waals surface area contributed by atoms with Crippen LogP contribution in [0.15, 0.2) is 48.7 Å². The van der Waals surface area contributed by atoms with Crippen molar-refractivity contribution in [1.82, 2.24) is 24.8 Å². The highest BCUT2D eigenvalue weighted by Gasteiger charge is 2.33. The summed E-state index contributed by atoms with van der Waals surface area (Å²) < 4.78 is 21.8. The Morgan fingerprint density at radius 3 is 2.43 bits per heavy atom. The van der Waals surface area contributed by atoms with Crippen molar-refractivity contribution in [2.24, 2.45) is 0 Å². The molecule has 1 fully saturated rings. The molecule has 10 nitrogen and oxygen atoms in total. The van der Waals surface area contributed by atoms with E-state index in [1.54, 1.807) is 35.2 Å². The van der Waals surface area contributed by atoms with E-state index < -0.39 is 17.3 Å². The van der Waals surface area contributed by atoms with Crippen LogP contribution in [0, 0.1) is 5.82 Å². The Bertz CT molecular complexity index is 1370. The number of fused-ring (bicyclic) bond motifs is 1. The maximum atomic E-state index is 15.1. The topological polar surface area (TPSA) is 101 Å². The molecule has 0 atom stereocenters. The van der Waals surface area contributed by atoms with Gasteiger partial charge < -0.3 is 14.5 Å². The zero-order valence-corrected chi connectivity index (χ0v) is 20.8. The van der Waals surface area contributed by atoms with Crippen molar-refractivity contribution in [2.45, 2.75) is 32.9 Å². The Balaban J connectivity index is 1.25. The second kappa shape index (κ2) is 9.30. The van der Waals surface area contributed by atoms with Crippen LogP contribution in [0.1, 0.15) is 47.2 Å². The molecule has 3 amide bonds. The van der Waals surface area contributed by atoms with Gasteiger partial charge in [0.1, 0.15) is 11.4 Å². The van der Waals surface area contributed by atoms with Crippen LogP contribution in [0.25, 0.3) is 5.69 Å². The summed E-state index contributed by atoms with van der Waals surface area (Å²) in [5.41, 5.74) is 1.48. The van der Waals surface area contributed by atoms with Gasteiger partial charge >= 0.3 is 6.09 Å². The SMILES string of the molecule is CC(C)(C)OC(=O)N1CCN(c2ccc(-n3cc(C(=O)N4Cc5ccccc5C4=O)nn3)cc2F)CC1. The van der Waals surface area contributed by atoms with Crippen LogP contribution in [0.4, 0.5) is 14.9 Å². The van der Waals surface area contributed by atoms with Crippen molar-refractivity contribution >= 4 is 23.6 Å². The van der Waals surface area contributed by atoms with Gasteiger partial charge in [0.2, 0.25) is 0 Å². The molecular formula is C26H27FN6O4. The number of amides is 3. The predicted octanol–water partition coefficient (Wildman–Crippen LogP) is 3.26. The van der Waals surface area contributed by atoms with Crippen molar-refractivity contribution in [3.05, 3.63) is 71.3 Å². The van der Waals surface area contributed by atoms with Gasteiger partial charge in [0.05, 0.1) is 24.1 Å². The van der Waals surface area contributed by atoms with E-state index in [9.17, 15) is 14.4 Å². The Labute approximate surface area is 213 Å². The van der Waals surface area contributed by atoms with E-state index in [0.29, 0.717) is 43.1 Å². The van der Waals surface area contributed by atoms with Crippen molar-refractivity contribution in [2.75, 3.05) is 31.1 Å². The number of halogens is 1. The van der Waals surface area contributed by atoms with Crippen molar-refractivity contribution in [3.8, 4) is 5.69 Å². The molecule has 0 bridgehead atoms. The number of rotatable bonds is 3. The van der Waals surface area contributed by atoms with E-state index in [1.165, 1.54) is 16.9 Å². The van der Waals surface area contributed by atoms with E-state index >= 15 is 4.39 Å². The molecule has 0 N–H and O–H groups in total. The number of carbonyl (C=O) groups excluding carboxylic acids is 3. The molecule has 0 unspecified atom stereocenters. The first-order chi connectivity index (χ1) is 17.6. The average Bonchev–Trinajstić information content (AvgIpc) is 3.48. The first-order valence-corrected chi connectivity index (χ1v) is 12.0. The molecular weight excluding hydrogens is 479 g/mol. The zero-order valence-electron chi connectivity index (χ0n) is 20.8. The number of anilines is 1. The van der Waals surface area contributed by atoms with Crippen LogP contribution >= 0.6 is 0 Å². The lowest BCUT2D eigenvalue weighted by atomic mass is 10.1. The normalized spacial score (nSPS) is 15.7. The number of ether oxygens (including phenoxy) is 1. The minimum Gasteiger partial charge on any atom is -0.444 e. The number of nitrogens with zero attached hydrogens (tertiary/aromatic N) is 6. The third-order valence-electron chi connectivity index (χ3n) is 6.25. The summed E-state index contributed by atoms with van der Waals surface area (Å²) in [4.78, 5) is 42.4. The van der Waals surface area contributed by atoms with Crippen molar-refractivity contribution < 1.29 is 23.5 Å². The lowest BCUT2D eigenvalue weighted by Crippen LogP contribution is -2.50. The molecule has 2 aromatic carbocycles. The number of hydrogen-bond acceptors (Lipinski definition) is 7. The fourth-order valence-electron chi connectivity index (χ4n) is 4.40. The third kappa shape index (κ3) is 4.89. The van der Waals surface area contributed by atoms with Crippen LogP contribution in [0.2, 0.25) is 0 Å². The maximum Gasteiger partial charge on any atom is 0.410 e. The van der Waals surface area contributed by atoms with E-state index in [0.717, 1.165) is 10.5 Å². The molecule has 37 heavy (non-hydrogen) atoms. The van der Waals surface area contributed by atoms with Crippen LogP contribution < -0.4 is 4.90 Å². The van der Waals surface area contributed by atoms with Crippen molar-refractivity contribution in [3.63, 3.8) is 0 Å². The smallest absolute Gasteiger partial charge is 0.410 e. The Kier molecular flexibility index (Phi) is 6.14. The van der Waals surface area contributed by atoms with Crippen LogP contribution in [0.3, 0.4) is 0 Å². The number of hydrogen-bond donors (Lipinski definition) is 0. The second-order valence-corrected chi connectivity index (χ2v) is 9.99. The van der Waals surface area contributed by atoms with Gasteiger partial charge in [0.25, 0.3) is 11.8 Å². The number of benzene rings is 2. The minimum atomic E-state index is -0.572. The summed E-state index contributed by atoms with van der Waals surface area (Å²) >= 11 is 0. The van der Waals surface area contributed by atoms with Gasteiger partial charge in [-0.15, -0.1) is 5.10 Å². The van der Waals surface area contributed by atoms with E-state index in [4.69, 9.17) is 4.74 Å². The summed E-state index contributed by atoms with van der Waals surface area (Å²) in [6.45, 7) is 7.39. The predicted molar refractivity (Wildman–Crippen MR) is 132 cm³/mol. The van der Waals surface area contributed by atoms with Crippen molar-refractivity contribution in [1.29, 1.82) is 0 Å². The molecule has 2 aliphatic rings. The zero-order chi connectivity index (χ0) is 26.3. The molecule has 0 radical (unpaired) electrons. The van der Waals surface area contributed by atoms with Gasteiger partial charge in [0, 0.05) is 37.8 Å². The number of piperazine rings is 1. The maximum absolute atomic E-state index is 15.1. The minimum absolute atomic E-state index is 0.0103. The van der Waals surface area contributed by atoms with Gasteiger partial charge in [-0.3, -0.25) is 14.5 Å². The van der Waals surface area contributed by atoms with Gasteiger partial charge in [-0.2, -0.15) is 0 Å². The molecule has 1 saturated heterocycles. The van der Waals surface area contributed by atoms with E-state index in [-0.39, 0.29) is 24.2 Å². The fraction of sp³-hybridized carbons (Fsp3) is 0.346. The van der Waals surface area contributed by atoms with Gasteiger partial charge in [-0.05, 0) is 44.5 Å². The Morgan fingerprint density at radius 2 is 1.76 bits per heavy atom. The lowest BCUT2D eigenvalue weighted by molar-refractivity contribution is 0.0240. The largest absolute Gasteiger partial charge is 0.444 e. The average molecular weight is 507 g/mol. The highest BCUT2D eigenvalue weighted by molar-refractivity contribution is 6.12. The van der Waals surface area contributed by atoms with Gasteiger partial charge in [0.15, 0.2) is 5.69 Å². The van der Waals surface area contributed by atoms with Crippen LogP contribution in [-0.4, -0.2) is 74.5 Å². The molecule has 1 aromatic heterocycles. The molecule has 192 valence electrons. The fourth-order valence-corrected chi connectivity index (χ4v) is 4.40. The monoisotopic (exact) mass is 506 g/mol. The molecule has 5 rings (SSSR count). The van der Waals surface area contributed by atoms with Gasteiger partial charge in [-0.25, -0.2) is 13.9 Å². The highest BCUT2D eigenvalue weighted by Crippen LogP contribution is 2.26. The third-order valence-corrected chi connectivity index (χ3v) is 6.25. The highest BCUT2D eigenvalue weighted by atomic mass is 19.1. The summed E-state index contributed by atoms with van der Waals surface area (Å²) in [5.74, 6) is -1.40. The second-order valence-electron chi connectivity index (χ2n) is 9.99. The quantitative estimate of drug-likeness (QED) is 0.503. The Hall–Kier alpha value is -4.28. The Morgan fingerprint density at radius 1 is 1.03 bits per heavy atom.